The predicted molar refractivity (Wildman–Crippen MR) is 76.9 cm³/mol. The third-order valence-corrected chi connectivity index (χ3v) is 4.53. The first-order chi connectivity index (χ1) is 9.13. The Morgan fingerprint density at radius 3 is 3.11 bits per heavy atom. The van der Waals surface area contributed by atoms with Gasteiger partial charge in [0.05, 0.1) is 11.2 Å². The summed E-state index contributed by atoms with van der Waals surface area (Å²) in [5.41, 5.74) is 4.70. The zero-order valence-electron chi connectivity index (χ0n) is 10.5. The van der Waals surface area contributed by atoms with Crippen LogP contribution in [-0.2, 0) is 19.5 Å². The summed E-state index contributed by atoms with van der Waals surface area (Å²) < 4.78 is 0.402. The third-order valence-electron chi connectivity index (χ3n) is 3.40. The first kappa shape index (κ1) is 12.7. The molecule has 0 aliphatic carbocycles. The fourth-order valence-electron chi connectivity index (χ4n) is 2.35. The molecule has 1 aliphatic rings. The van der Waals surface area contributed by atoms with Crippen molar-refractivity contribution in [2.45, 2.75) is 26.4 Å². The lowest BCUT2D eigenvalue weighted by molar-refractivity contribution is 0.242. The standard InChI is InChI=1S/C12H14N4OS2/c1-7-10(19-6-13-7)5-16-3-2-8-9(4-16)14-12(18)15-11(8)17/h6H,2-5H2,1H3,(H2,14,15,17,18). The monoisotopic (exact) mass is 294 g/mol. The predicted octanol–water partition coefficient (Wildman–Crippen LogP) is 1.76. The van der Waals surface area contributed by atoms with Gasteiger partial charge in [0.15, 0.2) is 4.77 Å². The van der Waals surface area contributed by atoms with E-state index in [-0.39, 0.29) is 5.56 Å². The summed E-state index contributed by atoms with van der Waals surface area (Å²) in [5.74, 6) is 0. The average Bonchev–Trinajstić information content (AvgIpc) is 2.74. The Morgan fingerprint density at radius 1 is 1.53 bits per heavy atom. The fraction of sp³-hybridized carbons (Fsp3) is 0.417. The van der Waals surface area contributed by atoms with Crippen LogP contribution in [0.2, 0.25) is 0 Å². The molecule has 0 saturated carbocycles. The first-order valence-corrected chi connectivity index (χ1v) is 7.38. The molecule has 0 radical (unpaired) electrons. The van der Waals surface area contributed by atoms with Crippen LogP contribution in [0.1, 0.15) is 21.8 Å². The lowest BCUT2D eigenvalue weighted by Crippen LogP contribution is -2.34. The van der Waals surface area contributed by atoms with Crippen LogP contribution in [-0.4, -0.2) is 26.4 Å². The van der Waals surface area contributed by atoms with E-state index in [0.717, 1.165) is 43.0 Å². The molecule has 3 heterocycles. The number of H-pyrrole nitrogens is 2. The quantitative estimate of drug-likeness (QED) is 0.828. The molecule has 19 heavy (non-hydrogen) atoms. The summed E-state index contributed by atoms with van der Waals surface area (Å²) in [6, 6.07) is 0. The van der Waals surface area contributed by atoms with Crippen LogP contribution < -0.4 is 5.56 Å². The summed E-state index contributed by atoms with van der Waals surface area (Å²) in [6.45, 7) is 4.53. The summed E-state index contributed by atoms with van der Waals surface area (Å²) in [4.78, 5) is 25.4. The van der Waals surface area contributed by atoms with Gasteiger partial charge in [0.1, 0.15) is 0 Å². The summed E-state index contributed by atoms with van der Waals surface area (Å²) in [5, 5.41) is 0. The van der Waals surface area contributed by atoms with Crippen LogP contribution >= 0.6 is 23.6 Å². The molecule has 0 bridgehead atoms. The van der Waals surface area contributed by atoms with Crippen molar-refractivity contribution >= 4 is 23.6 Å². The molecule has 0 unspecified atom stereocenters. The van der Waals surface area contributed by atoms with Gasteiger partial charge in [0, 0.05) is 35.8 Å². The minimum atomic E-state index is -0.0487. The van der Waals surface area contributed by atoms with Crippen LogP contribution in [0.5, 0.6) is 0 Å². The number of aromatic amines is 2. The lowest BCUT2D eigenvalue weighted by atomic mass is 10.1. The number of nitrogens with one attached hydrogen (secondary N) is 2. The molecule has 2 N–H and O–H groups in total. The molecular weight excluding hydrogens is 280 g/mol. The van der Waals surface area contributed by atoms with Gasteiger partial charge in [-0.1, -0.05) is 0 Å². The Labute approximate surface area is 119 Å². The van der Waals surface area contributed by atoms with Gasteiger partial charge in [0.2, 0.25) is 0 Å². The van der Waals surface area contributed by atoms with Crippen LogP contribution in [0.4, 0.5) is 0 Å². The molecule has 1 aliphatic heterocycles. The summed E-state index contributed by atoms with van der Waals surface area (Å²) in [6.07, 6.45) is 0.759. The fourth-order valence-corrected chi connectivity index (χ4v) is 3.38. The van der Waals surface area contributed by atoms with Crippen molar-refractivity contribution in [3.8, 4) is 0 Å². The molecule has 100 valence electrons. The van der Waals surface area contributed by atoms with Crippen LogP contribution in [0.15, 0.2) is 10.3 Å². The van der Waals surface area contributed by atoms with Crippen molar-refractivity contribution in [3.05, 3.63) is 42.5 Å². The van der Waals surface area contributed by atoms with Crippen molar-refractivity contribution in [2.75, 3.05) is 6.54 Å². The molecule has 2 aromatic heterocycles. The van der Waals surface area contributed by atoms with Crippen molar-refractivity contribution in [2.24, 2.45) is 0 Å². The summed E-state index contributed by atoms with van der Waals surface area (Å²) in [7, 11) is 0. The van der Waals surface area contributed by atoms with Gasteiger partial charge in [0.25, 0.3) is 5.56 Å². The molecule has 0 atom stereocenters. The van der Waals surface area contributed by atoms with Crippen LogP contribution in [0, 0.1) is 11.7 Å². The van der Waals surface area contributed by atoms with Gasteiger partial charge in [-0.2, -0.15) is 0 Å². The minimum absolute atomic E-state index is 0.0487. The number of fused-ring (bicyclic) bond motifs is 1. The maximum atomic E-state index is 11.8. The van der Waals surface area contributed by atoms with Crippen LogP contribution in [0.3, 0.4) is 0 Å². The van der Waals surface area contributed by atoms with E-state index in [1.807, 2.05) is 12.4 Å². The third kappa shape index (κ3) is 2.54. The highest BCUT2D eigenvalue weighted by Gasteiger charge is 2.20. The Balaban J connectivity index is 1.84. The molecule has 0 saturated heterocycles. The highest BCUT2D eigenvalue weighted by molar-refractivity contribution is 7.71. The smallest absolute Gasteiger partial charge is 0.255 e. The normalized spacial score (nSPS) is 15.4. The molecule has 0 spiro atoms. The van der Waals surface area contributed by atoms with E-state index in [9.17, 15) is 4.79 Å². The van der Waals surface area contributed by atoms with Gasteiger partial charge in [-0.3, -0.25) is 14.7 Å². The number of hydrogen-bond donors (Lipinski definition) is 2. The largest absolute Gasteiger partial charge is 0.334 e. The Bertz CT molecular complexity index is 715. The van der Waals surface area contributed by atoms with Crippen molar-refractivity contribution < 1.29 is 0 Å². The zero-order valence-corrected chi connectivity index (χ0v) is 12.2. The number of nitrogens with zero attached hydrogens (tertiary/aromatic N) is 2. The Kier molecular flexibility index (Phi) is 3.34. The Hall–Kier alpha value is -1.31. The first-order valence-electron chi connectivity index (χ1n) is 6.09. The second-order valence-electron chi connectivity index (χ2n) is 4.69. The van der Waals surface area contributed by atoms with Gasteiger partial charge in [-0.25, -0.2) is 4.98 Å². The molecule has 0 amide bonds. The topological polar surface area (TPSA) is 64.8 Å². The van der Waals surface area contributed by atoms with Crippen molar-refractivity contribution in [3.63, 3.8) is 0 Å². The maximum Gasteiger partial charge on any atom is 0.255 e. The second-order valence-corrected chi connectivity index (χ2v) is 6.03. The average molecular weight is 294 g/mol. The molecule has 7 heteroatoms. The second kappa shape index (κ2) is 4.99. The van der Waals surface area contributed by atoms with Gasteiger partial charge in [-0.05, 0) is 25.6 Å². The lowest BCUT2D eigenvalue weighted by Gasteiger charge is -2.27. The van der Waals surface area contributed by atoms with Gasteiger partial charge < -0.3 is 4.98 Å². The molecule has 0 fully saturated rings. The Morgan fingerprint density at radius 2 is 2.37 bits per heavy atom. The highest BCUT2D eigenvalue weighted by atomic mass is 32.1. The molecule has 3 rings (SSSR count). The van der Waals surface area contributed by atoms with E-state index in [1.54, 1.807) is 11.3 Å². The van der Waals surface area contributed by atoms with E-state index in [1.165, 1.54) is 4.88 Å². The molecule has 5 nitrogen and oxygen atoms in total. The van der Waals surface area contributed by atoms with Crippen molar-refractivity contribution in [1.29, 1.82) is 0 Å². The zero-order chi connectivity index (χ0) is 13.4. The van der Waals surface area contributed by atoms with E-state index in [2.05, 4.69) is 19.9 Å². The van der Waals surface area contributed by atoms with E-state index in [4.69, 9.17) is 12.2 Å². The highest BCUT2D eigenvalue weighted by Crippen LogP contribution is 2.19. The molecule has 2 aromatic rings. The van der Waals surface area contributed by atoms with E-state index < -0.39 is 0 Å². The van der Waals surface area contributed by atoms with Gasteiger partial charge in [-0.15, -0.1) is 11.3 Å². The van der Waals surface area contributed by atoms with Gasteiger partial charge >= 0.3 is 0 Å². The van der Waals surface area contributed by atoms with Crippen molar-refractivity contribution in [1.82, 2.24) is 19.9 Å². The number of rotatable bonds is 2. The maximum absolute atomic E-state index is 11.8. The van der Waals surface area contributed by atoms with Crippen LogP contribution in [0.25, 0.3) is 0 Å². The number of thiazole rings is 1. The number of aromatic nitrogens is 3. The number of aryl methyl sites for hydroxylation is 1. The van der Waals surface area contributed by atoms with E-state index in [0.29, 0.717) is 4.77 Å². The van der Waals surface area contributed by atoms with E-state index >= 15 is 0 Å². The number of hydrogen-bond acceptors (Lipinski definition) is 5. The molecular formula is C12H14N4OS2. The SMILES string of the molecule is Cc1ncsc1CN1CCc2c([nH]c(=S)[nH]c2=O)C1. The summed E-state index contributed by atoms with van der Waals surface area (Å²) >= 11 is 6.70. The molecule has 0 aromatic carbocycles. The minimum Gasteiger partial charge on any atom is -0.334 e.